The van der Waals surface area contributed by atoms with Crippen LogP contribution in [0.15, 0.2) is 60.7 Å². The number of rotatable bonds is 6. The molecule has 1 heterocycles. The monoisotopic (exact) mass is 463 g/mol. The van der Waals surface area contributed by atoms with Crippen LogP contribution in [-0.4, -0.2) is 22.5 Å². The maximum Gasteiger partial charge on any atom is 0.573 e. The Bertz CT molecular complexity index is 1280. The van der Waals surface area contributed by atoms with Crippen molar-refractivity contribution >= 4 is 22.6 Å². The van der Waals surface area contributed by atoms with Crippen molar-refractivity contribution < 1.29 is 36.2 Å². The first-order chi connectivity index (χ1) is 15.7. The van der Waals surface area contributed by atoms with E-state index in [1.807, 2.05) is 0 Å². The van der Waals surface area contributed by atoms with Crippen molar-refractivity contribution in [1.29, 1.82) is 0 Å². The molecule has 0 unspecified atom stereocenters. The molecule has 0 saturated carbocycles. The van der Waals surface area contributed by atoms with E-state index in [0.29, 0.717) is 22.2 Å². The van der Waals surface area contributed by atoms with E-state index < -0.39 is 29.7 Å². The molecule has 1 amide bonds. The number of H-pyrrole nitrogens is 1. The maximum absolute atomic E-state index is 13.3. The van der Waals surface area contributed by atoms with E-state index in [2.05, 4.69) is 20.3 Å². The van der Waals surface area contributed by atoms with Gasteiger partial charge in [0.25, 0.3) is 5.91 Å². The van der Waals surface area contributed by atoms with Gasteiger partial charge in [-0.3, -0.25) is 9.89 Å². The molecule has 6 nitrogen and oxygen atoms in total. The highest BCUT2D eigenvalue weighted by Gasteiger charge is 2.31. The molecule has 4 aromatic rings. The van der Waals surface area contributed by atoms with E-state index in [1.54, 1.807) is 18.2 Å². The lowest BCUT2D eigenvalue weighted by molar-refractivity contribution is -0.274. The summed E-state index contributed by atoms with van der Waals surface area (Å²) in [5.41, 5.74) is 0.932. The minimum absolute atomic E-state index is 0.0635. The van der Waals surface area contributed by atoms with Gasteiger partial charge in [0, 0.05) is 23.1 Å². The molecular formula is C22H14F5N3O3. The number of nitrogens with one attached hydrogen (secondary N) is 2. The van der Waals surface area contributed by atoms with Crippen molar-refractivity contribution in [2.75, 3.05) is 5.32 Å². The number of anilines is 1. The smallest absolute Gasteiger partial charge is 0.489 e. The largest absolute Gasteiger partial charge is 0.573 e. The maximum atomic E-state index is 13.3. The molecule has 0 saturated heterocycles. The van der Waals surface area contributed by atoms with Crippen molar-refractivity contribution in [2.24, 2.45) is 0 Å². The summed E-state index contributed by atoms with van der Waals surface area (Å²) in [4.78, 5) is 12.4. The van der Waals surface area contributed by atoms with E-state index >= 15 is 0 Å². The molecule has 0 fully saturated rings. The number of ether oxygens (including phenoxy) is 2. The number of aromatic nitrogens is 2. The highest BCUT2D eigenvalue weighted by molar-refractivity contribution is 6.07. The summed E-state index contributed by atoms with van der Waals surface area (Å²) in [7, 11) is 0. The molecule has 0 aliphatic rings. The summed E-state index contributed by atoms with van der Waals surface area (Å²) >= 11 is 0. The van der Waals surface area contributed by atoms with E-state index in [4.69, 9.17) is 4.74 Å². The van der Waals surface area contributed by atoms with Gasteiger partial charge in [-0.05, 0) is 54.1 Å². The fraction of sp³-hybridized carbons (Fsp3) is 0.0909. The van der Waals surface area contributed by atoms with Crippen molar-refractivity contribution in [1.82, 2.24) is 10.2 Å². The predicted molar refractivity (Wildman–Crippen MR) is 108 cm³/mol. The molecule has 11 heteroatoms. The first kappa shape index (κ1) is 22.1. The Hall–Kier alpha value is -4.15. The Kier molecular flexibility index (Phi) is 5.86. The average molecular weight is 463 g/mol. The summed E-state index contributed by atoms with van der Waals surface area (Å²) in [5.74, 6) is -1.85. The number of hydrogen-bond donors (Lipinski definition) is 2. The Labute approximate surface area is 182 Å². The van der Waals surface area contributed by atoms with E-state index in [1.165, 1.54) is 12.1 Å². The molecule has 0 atom stereocenters. The number of aromatic amines is 1. The number of carbonyl (C=O) groups is 1. The van der Waals surface area contributed by atoms with Gasteiger partial charge in [-0.2, -0.15) is 5.10 Å². The predicted octanol–water partition coefficient (Wildman–Crippen LogP) is 5.57. The molecule has 0 aliphatic carbocycles. The van der Waals surface area contributed by atoms with Gasteiger partial charge < -0.3 is 14.8 Å². The minimum atomic E-state index is -4.83. The number of fused-ring (bicyclic) bond motifs is 1. The topological polar surface area (TPSA) is 76.2 Å². The molecule has 0 spiro atoms. The van der Waals surface area contributed by atoms with Gasteiger partial charge in [0.05, 0.1) is 5.52 Å². The second-order valence-corrected chi connectivity index (χ2v) is 6.87. The molecule has 0 bridgehead atoms. The first-order valence-corrected chi connectivity index (χ1v) is 9.39. The normalized spacial score (nSPS) is 11.4. The van der Waals surface area contributed by atoms with E-state index in [9.17, 15) is 26.7 Å². The van der Waals surface area contributed by atoms with Crippen LogP contribution in [0, 0.1) is 11.6 Å². The third-order valence-electron chi connectivity index (χ3n) is 4.44. The first-order valence-electron chi connectivity index (χ1n) is 9.39. The summed E-state index contributed by atoms with van der Waals surface area (Å²) in [6.45, 7) is -0.0635. The number of amides is 1. The number of halogens is 5. The lowest BCUT2D eigenvalue weighted by Gasteiger charge is -2.09. The van der Waals surface area contributed by atoms with Gasteiger partial charge >= 0.3 is 6.36 Å². The van der Waals surface area contributed by atoms with Crippen LogP contribution in [0.4, 0.5) is 27.8 Å². The zero-order valence-corrected chi connectivity index (χ0v) is 16.5. The number of carbonyl (C=O) groups excluding carboxylic acids is 1. The highest BCUT2D eigenvalue weighted by Crippen LogP contribution is 2.27. The van der Waals surface area contributed by atoms with Gasteiger partial charge in [0.2, 0.25) is 0 Å². The standard InChI is InChI=1S/C22H14F5N3O3/c23-14-7-12(8-15(24)9-14)11-32-17-5-6-18-19(10-17)29-30-20(18)28-21(31)13-1-3-16(4-2-13)33-22(25,26)27/h1-10H,11H2,(H2,28,29,30,31). The van der Waals surface area contributed by atoms with Crippen molar-refractivity contribution in [3.63, 3.8) is 0 Å². The van der Waals surface area contributed by atoms with Crippen molar-refractivity contribution in [3.8, 4) is 11.5 Å². The highest BCUT2D eigenvalue weighted by atomic mass is 19.4. The third-order valence-corrected chi connectivity index (χ3v) is 4.44. The average Bonchev–Trinajstić information content (AvgIpc) is 3.13. The molecule has 4 rings (SSSR count). The van der Waals surface area contributed by atoms with Gasteiger partial charge in [-0.1, -0.05) is 0 Å². The van der Waals surface area contributed by atoms with Gasteiger partial charge in [0.15, 0.2) is 5.82 Å². The van der Waals surface area contributed by atoms with Crippen LogP contribution < -0.4 is 14.8 Å². The van der Waals surface area contributed by atoms with Gasteiger partial charge in [-0.25, -0.2) is 8.78 Å². The number of nitrogens with zero attached hydrogens (tertiary/aromatic N) is 1. The van der Waals surface area contributed by atoms with Crippen molar-refractivity contribution in [2.45, 2.75) is 13.0 Å². The molecular weight excluding hydrogens is 449 g/mol. The second kappa shape index (κ2) is 8.77. The summed E-state index contributed by atoms with van der Waals surface area (Å²) in [6, 6.07) is 12.3. The molecule has 0 radical (unpaired) electrons. The van der Waals surface area contributed by atoms with Crippen LogP contribution in [0.3, 0.4) is 0 Å². The van der Waals surface area contributed by atoms with Crippen LogP contribution in [0.25, 0.3) is 10.9 Å². The Balaban J connectivity index is 1.43. The summed E-state index contributed by atoms with van der Waals surface area (Å²) in [6.07, 6.45) is -4.83. The van der Waals surface area contributed by atoms with Crippen LogP contribution >= 0.6 is 0 Å². The van der Waals surface area contributed by atoms with Crippen molar-refractivity contribution in [3.05, 3.63) is 83.4 Å². The molecule has 33 heavy (non-hydrogen) atoms. The number of benzene rings is 3. The zero-order valence-electron chi connectivity index (χ0n) is 16.5. The van der Waals surface area contributed by atoms with E-state index in [-0.39, 0.29) is 18.0 Å². The fourth-order valence-electron chi connectivity index (χ4n) is 3.03. The van der Waals surface area contributed by atoms with Crippen LogP contribution in [0.2, 0.25) is 0 Å². The van der Waals surface area contributed by atoms with Crippen LogP contribution in [0.1, 0.15) is 15.9 Å². The SMILES string of the molecule is O=C(Nc1n[nH]c2cc(OCc3cc(F)cc(F)c3)ccc12)c1ccc(OC(F)(F)F)cc1. The molecule has 170 valence electrons. The van der Waals surface area contributed by atoms with Gasteiger partial charge in [0.1, 0.15) is 29.7 Å². The molecule has 3 aromatic carbocycles. The quantitative estimate of drug-likeness (QED) is 0.367. The third kappa shape index (κ3) is 5.56. The summed E-state index contributed by atoms with van der Waals surface area (Å²) in [5, 5.41) is 9.87. The molecule has 1 aromatic heterocycles. The number of hydrogen-bond acceptors (Lipinski definition) is 4. The minimum Gasteiger partial charge on any atom is -0.489 e. The van der Waals surface area contributed by atoms with Gasteiger partial charge in [-0.15, -0.1) is 13.2 Å². The fourth-order valence-corrected chi connectivity index (χ4v) is 3.03. The van der Waals surface area contributed by atoms with Crippen LogP contribution in [0.5, 0.6) is 11.5 Å². The molecule has 2 N–H and O–H groups in total. The second-order valence-electron chi connectivity index (χ2n) is 6.87. The lowest BCUT2D eigenvalue weighted by Crippen LogP contribution is -2.17. The van der Waals surface area contributed by atoms with Crippen LogP contribution in [-0.2, 0) is 6.61 Å². The number of alkyl halides is 3. The Morgan fingerprint density at radius 3 is 2.27 bits per heavy atom. The lowest BCUT2D eigenvalue weighted by atomic mass is 10.2. The Morgan fingerprint density at radius 1 is 0.939 bits per heavy atom. The summed E-state index contributed by atoms with van der Waals surface area (Å²) < 4.78 is 72.6. The molecule has 0 aliphatic heterocycles. The van der Waals surface area contributed by atoms with E-state index in [0.717, 1.165) is 30.3 Å². The Morgan fingerprint density at radius 2 is 1.61 bits per heavy atom. The zero-order chi connectivity index (χ0) is 23.6.